The van der Waals surface area contributed by atoms with Crippen molar-refractivity contribution in [2.24, 2.45) is 7.05 Å². The third-order valence-electron chi connectivity index (χ3n) is 3.54. The molecule has 0 saturated carbocycles. The number of hydrogen-bond donors (Lipinski definition) is 0. The smallest absolute Gasteiger partial charge is 0.311 e. The molecule has 0 saturated heterocycles. The van der Waals surface area contributed by atoms with Crippen LogP contribution in [0.5, 0.6) is 11.5 Å². The van der Waals surface area contributed by atoms with E-state index in [0.717, 1.165) is 17.0 Å². The number of hydrogen-bond acceptors (Lipinski definition) is 4. The molecule has 118 valence electrons. The zero-order valence-electron chi connectivity index (χ0n) is 13.4. The third-order valence-corrected chi connectivity index (χ3v) is 3.54. The molecule has 1 heterocycles. The van der Waals surface area contributed by atoms with Crippen molar-refractivity contribution in [2.75, 3.05) is 20.8 Å². The number of esters is 1. The highest BCUT2D eigenvalue weighted by Gasteiger charge is 2.13. The van der Waals surface area contributed by atoms with Crippen LogP contribution >= 0.6 is 0 Å². The number of rotatable bonds is 6. The zero-order valence-corrected chi connectivity index (χ0v) is 13.4. The van der Waals surface area contributed by atoms with E-state index in [1.54, 1.807) is 21.1 Å². The summed E-state index contributed by atoms with van der Waals surface area (Å²) in [5.41, 5.74) is 2.90. The van der Waals surface area contributed by atoms with Gasteiger partial charge >= 0.3 is 5.97 Å². The average Bonchev–Trinajstić information content (AvgIpc) is 2.88. The lowest BCUT2D eigenvalue weighted by Gasteiger charge is -2.11. The Morgan fingerprint density at radius 1 is 1.09 bits per heavy atom. The van der Waals surface area contributed by atoms with E-state index < -0.39 is 0 Å². The van der Waals surface area contributed by atoms with Crippen molar-refractivity contribution in [3.63, 3.8) is 0 Å². The molecular formula is C17H21NO4. The molecule has 0 radical (unpaired) electrons. The Morgan fingerprint density at radius 3 is 2.45 bits per heavy atom. The predicted octanol–water partition coefficient (Wildman–Crippen LogP) is 2.81. The van der Waals surface area contributed by atoms with Crippen molar-refractivity contribution >= 4 is 5.97 Å². The number of methoxy groups -OCH3 is 2. The summed E-state index contributed by atoms with van der Waals surface area (Å²) in [6, 6.07) is 9.66. The predicted molar refractivity (Wildman–Crippen MR) is 84.3 cm³/mol. The molecule has 0 amide bonds. The second kappa shape index (κ2) is 7.02. The number of carbonyl (C=O) groups is 1. The zero-order chi connectivity index (χ0) is 16.1. The molecule has 1 aromatic carbocycles. The summed E-state index contributed by atoms with van der Waals surface area (Å²) in [6.45, 7) is 2.20. The molecule has 0 N–H and O–H groups in total. The fourth-order valence-corrected chi connectivity index (χ4v) is 2.38. The van der Waals surface area contributed by atoms with E-state index in [0.29, 0.717) is 18.1 Å². The summed E-state index contributed by atoms with van der Waals surface area (Å²) < 4.78 is 17.6. The second-order valence-electron chi connectivity index (χ2n) is 4.82. The molecule has 0 bridgehead atoms. The van der Waals surface area contributed by atoms with Crippen molar-refractivity contribution < 1.29 is 19.0 Å². The van der Waals surface area contributed by atoms with Crippen molar-refractivity contribution in [3.05, 3.63) is 36.0 Å². The summed E-state index contributed by atoms with van der Waals surface area (Å²) in [7, 11) is 5.15. The van der Waals surface area contributed by atoms with Gasteiger partial charge in [-0.1, -0.05) is 0 Å². The van der Waals surface area contributed by atoms with Crippen LogP contribution in [0.1, 0.15) is 12.6 Å². The molecule has 1 aromatic heterocycles. The van der Waals surface area contributed by atoms with Gasteiger partial charge in [-0.3, -0.25) is 4.79 Å². The van der Waals surface area contributed by atoms with Crippen LogP contribution in [0.2, 0.25) is 0 Å². The summed E-state index contributed by atoms with van der Waals surface area (Å²) in [5.74, 6) is 1.14. The Labute approximate surface area is 130 Å². The van der Waals surface area contributed by atoms with E-state index in [2.05, 4.69) is 0 Å². The summed E-state index contributed by atoms with van der Waals surface area (Å²) in [5, 5.41) is 0. The maximum absolute atomic E-state index is 11.6. The molecule has 22 heavy (non-hydrogen) atoms. The SMILES string of the molecule is CCOC(=O)Cc1ccc(-c2ccc(OC)c(OC)c2)n1C. The highest BCUT2D eigenvalue weighted by atomic mass is 16.5. The minimum atomic E-state index is -0.220. The Bertz CT molecular complexity index is 661. The van der Waals surface area contributed by atoms with Crippen LogP contribution < -0.4 is 9.47 Å². The summed E-state index contributed by atoms with van der Waals surface area (Å²) in [6.07, 6.45) is 0.262. The van der Waals surface area contributed by atoms with Gasteiger partial charge in [0.1, 0.15) is 0 Å². The number of benzene rings is 1. The van der Waals surface area contributed by atoms with Gasteiger partial charge in [0.15, 0.2) is 11.5 Å². The summed E-state index contributed by atoms with van der Waals surface area (Å²) in [4.78, 5) is 11.6. The minimum absolute atomic E-state index is 0.220. The van der Waals surface area contributed by atoms with Crippen molar-refractivity contribution in [1.82, 2.24) is 4.57 Å². The van der Waals surface area contributed by atoms with E-state index in [4.69, 9.17) is 14.2 Å². The van der Waals surface area contributed by atoms with Crippen molar-refractivity contribution in [1.29, 1.82) is 0 Å². The van der Waals surface area contributed by atoms with Gasteiger partial charge in [-0.05, 0) is 37.3 Å². The number of aromatic nitrogens is 1. The first-order valence-electron chi connectivity index (χ1n) is 7.13. The largest absolute Gasteiger partial charge is 0.493 e. The van der Waals surface area contributed by atoms with Crippen molar-refractivity contribution in [2.45, 2.75) is 13.3 Å². The van der Waals surface area contributed by atoms with Crippen LogP contribution in [0.15, 0.2) is 30.3 Å². The molecule has 5 nitrogen and oxygen atoms in total. The van der Waals surface area contributed by atoms with Gasteiger partial charge in [-0.2, -0.15) is 0 Å². The monoisotopic (exact) mass is 303 g/mol. The Kier molecular flexibility index (Phi) is 5.09. The molecular weight excluding hydrogens is 282 g/mol. The maximum atomic E-state index is 11.6. The second-order valence-corrected chi connectivity index (χ2v) is 4.82. The first kappa shape index (κ1) is 15.9. The lowest BCUT2D eigenvalue weighted by atomic mass is 10.1. The first-order valence-corrected chi connectivity index (χ1v) is 7.13. The highest BCUT2D eigenvalue weighted by molar-refractivity contribution is 5.73. The molecule has 2 rings (SSSR count). The van der Waals surface area contributed by atoms with Gasteiger partial charge in [-0.15, -0.1) is 0 Å². The van der Waals surface area contributed by atoms with Crippen LogP contribution in [0.25, 0.3) is 11.3 Å². The number of ether oxygens (including phenoxy) is 3. The van der Waals surface area contributed by atoms with Crippen molar-refractivity contribution in [3.8, 4) is 22.8 Å². The fourth-order valence-electron chi connectivity index (χ4n) is 2.38. The van der Waals surface area contributed by atoms with E-state index >= 15 is 0 Å². The molecule has 0 aliphatic heterocycles. The molecule has 0 aliphatic rings. The number of nitrogens with zero attached hydrogens (tertiary/aromatic N) is 1. The molecule has 0 spiro atoms. The lowest BCUT2D eigenvalue weighted by Crippen LogP contribution is -2.10. The molecule has 0 atom stereocenters. The van der Waals surface area contributed by atoms with Crippen LogP contribution in [0, 0.1) is 0 Å². The van der Waals surface area contributed by atoms with Crippen LogP contribution in [-0.2, 0) is 23.0 Å². The van der Waals surface area contributed by atoms with E-state index in [-0.39, 0.29) is 12.4 Å². The molecule has 0 aliphatic carbocycles. The Balaban J connectivity index is 2.30. The van der Waals surface area contributed by atoms with Gasteiger partial charge in [0, 0.05) is 24.0 Å². The normalized spacial score (nSPS) is 10.4. The fraction of sp³-hybridized carbons (Fsp3) is 0.353. The van der Waals surface area contributed by atoms with E-state index in [9.17, 15) is 4.79 Å². The first-order chi connectivity index (χ1) is 10.6. The summed E-state index contributed by atoms with van der Waals surface area (Å²) >= 11 is 0. The Hall–Kier alpha value is -2.43. The lowest BCUT2D eigenvalue weighted by molar-refractivity contribution is -0.142. The average molecular weight is 303 g/mol. The quantitative estimate of drug-likeness (QED) is 0.770. The highest BCUT2D eigenvalue weighted by Crippen LogP contribution is 2.32. The molecule has 0 unspecified atom stereocenters. The van der Waals surface area contributed by atoms with Gasteiger partial charge in [-0.25, -0.2) is 0 Å². The van der Waals surface area contributed by atoms with E-state index in [1.165, 1.54) is 0 Å². The standard InChI is InChI=1S/C17H21NO4/c1-5-22-17(19)11-13-7-8-14(18(13)2)12-6-9-15(20-3)16(10-12)21-4/h6-10H,5,11H2,1-4H3. The molecule has 2 aromatic rings. The van der Waals surface area contributed by atoms with Gasteiger partial charge in [0.2, 0.25) is 0 Å². The molecule has 0 fully saturated rings. The maximum Gasteiger partial charge on any atom is 0.311 e. The van der Waals surface area contributed by atoms with Crippen LogP contribution in [0.4, 0.5) is 0 Å². The van der Waals surface area contributed by atoms with Gasteiger partial charge in [0.25, 0.3) is 0 Å². The minimum Gasteiger partial charge on any atom is -0.493 e. The Morgan fingerprint density at radius 2 is 1.82 bits per heavy atom. The van der Waals surface area contributed by atoms with Gasteiger partial charge in [0.05, 0.1) is 27.2 Å². The molecule has 5 heteroatoms. The van der Waals surface area contributed by atoms with E-state index in [1.807, 2.05) is 41.9 Å². The number of carbonyl (C=O) groups excluding carboxylic acids is 1. The van der Waals surface area contributed by atoms with Gasteiger partial charge < -0.3 is 18.8 Å². The van der Waals surface area contributed by atoms with Crippen LogP contribution in [-0.4, -0.2) is 31.4 Å². The third kappa shape index (κ3) is 3.24. The topological polar surface area (TPSA) is 49.7 Å². The van der Waals surface area contributed by atoms with Crippen LogP contribution in [0.3, 0.4) is 0 Å².